The molecule has 0 N–H and O–H groups in total. The molecule has 0 fully saturated rings. The average molecular weight is 778 g/mol. The molecule has 1 nitrogen and oxygen atoms in total. The number of benzene rings is 10. The Bertz CT molecular complexity index is 3020. The Morgan fingerprint density at radius 1 is 0.164 bits per heavy atom. The first-order chi connectivity index (χ1) is 30.3. The zero-order valence-corrected chi connectivity index (χ0v) is 33.8. The van der Waals surface area contributed by atoms with E-state index in [2.05, 4.69) is 266 Å². The zero-order valence-electron chi connectivity index (χ0n) is 33.8. The van der Waals surface area contributed by atoms with Crippen LogP contribution in [0.2, 0.25) is 0 Å². The maximum Gasteiger partial charge on any atom is 0.0540 e. The van der Waals surface area contributed by atoms with Crippen molar-refractivity contribution < 1.29 is 0 Å². The summed E-state index contributed by atoms with van der Waals surface area (Å²) < 4.78 is 0. The minimum Gasteiger partial charge on any atom is -0.309 e. The summed E-state index contributed by atoms with van der Waals surface area (Å²) in [6.45, 7) is 0. The first-order valence-corrected chi connectivity index (χ1v) is 20.9. The number of para-hydroxylation sites is 2. The molecule has 0 radical (unpaired) electrons. The fourth-order valence-corrected chi connectivity index (χ4v) is 8.52. The smallest absolute Gasteiger partial charge is 0.0540 e. The molecule has 10 aromatic rings. The summed E-state index contributed by atoms with van der Waals surface area (Å²) in [7, 11) is 0. The van der Waals surface area contributed by atoms with Gasteiger partial charge in [-0.05, 0) is 91.0 Å². The van der Waals surface area contributed by atoms with Crippen molar-refractivity contribution in [3.63, 3.8) is 0 Å². The van der Waals surface area contributed by atoms with Crippen LogP contribution in [-0.2, 0) is 0 Å². The summed E-state index contributed by atoms with van der Waals surface area (Å²) >= 11 is 0. The molecule has 288 valence electrons. The highest BCUT2D eigenvalue weighted by molar-refractivity contribution is 5.99. The van der Waals surface area contributed by atoms with Crippen molar-refractivity contribution in [3.05, 3.63) is 261 Å². The van der Waals surface area contributed by atoms with Crippen molar-refractivity contribution in [2.45, 2.75) is 0 Å². The Balaban J connectivity index is 1.12. The molecule has 0 heterocycles. The second kappa shape index (κ2) is 17.1. The molecule has 0 aliphatic rings. The van der Waals surface area contributed by atoms with Gasteiger partial charge in [-0.15, -0.1) is 0 Å². The van der Waals surface area contributed by atoms with Gasteiger partial charge in [0.2, 0.25) is 0 Å². The van der Waals surface area contributed by atoms with E-state index in [-0.39, 0.29) is 0 Å². The van der Waals surface area contributed by atoms with Gasteiger partial charge in [-0.25, -0.2) is 0 Å². The second-order valence-corrected chi connectivity index (χ2v) is 15.3. The third kappa shape index (κ3) is 7.69. The van der Waals surface area contributed by atoms with Gasteiger partial charge in [0.1, 0.15) is 0 Å². The van der Waals surface area contributed by atoms with Gasteiger partial charge < -0.3 is 4.90 Å². The molecule has 0 amide bonds. The fraction of sp³-hybridized carbons (Fsp3) is 0. The first-order valence-electron chi connectivity index (χ1n) is 20.9. The molecule has 0 bridgehead atoms. The van der Waals surface area contributed by atoms with Crippen LogP contribution in [-0.4, -0.2) is 0 Å². The van der Waals surface area contributed by atoms with Crippen molar-refractivity contribution in [3.8, 4) is 77.9 Å². The highest BCUT2D eigenvalue weighted by Gasteiger charge is 2.22. The monoisotopic (exact) mass is 777 g/mol. The second-order valence-electron chi connectivity index (χ2n) is 15.3. The third-order valence-corrected chi connectivity index (χ3v) is 11.6. The summed E-state index contributed by atoms with van der Waals surface area (Å²) in [6, 6.07) is 94.0. The molecule has 10 aromatic carbocycles. The molecule has 0 atom stereocenters. The van der Waals surface area contributed by atoms with Crippen LogP contribution in [0.3, 0.4) is 0 Å². The Morgan fingerprint density at radius 2 is 0.426 bits per heavy atom. The molecule has 0 saturated carbocycles. The van der Waals surface area contributed by atoms with Crippen LogP contribution in [0.15, 0.2) is 261 Å². The number of rotatable bonds is 10. The van der Waals surface area contributed by atoms with E-state index in [1.165, 1.54) is 61.2 Å². The lowest BCUT2D eigenvalue weighted by Gasteiger charge is -2.30. The first kappa shape index (κ1) is 37.3. The van der Waals surface area contributed by atoms with E-state index in [4.69, 9.17) is 0 Å². The van der Waals surface area contributed by atoms with Crippen molar-refractivity contribution >= 4 is 17.1 Å². The van der Waals surface area contributed by atoms with Crippen molar-refractivity contribution in [1.29, 1.82) is 0 Å². The number of hydrogen-bond acceptors (Lipinski definition) is 1. The molecule has 0 aromatic heterocycles. The average Bonchev–Trinajstić information content (AvgIpc) is 3.35. The molecular formula is C60H43N. The van der Waals surface area contributed by atoms with Gasteiger partial charge in [0, 0.05) is 16.8 Å². The topological polar surface area (TPSA) is 3.24 Å². The summed E-state index contributed by atoms with van der Waals surface area (Å²) in [5, 5.41) is 0. The molecular weight excluding hydrogens is 735 g/mol. The molecule has 0 saturated heterocycles. The molecule has 1 heteroatoms. The quantitative estimate of drug-likeness (QED) is 0.134. The predicted molar refractivity (Wildman–Crippen MR) is 259 cm³/mol. The summed E-state index contributed by atoms with van der Waals surface area (Å²) in [6.07, 6.45) is 0. The van der Waals surface area contributed by atoms with Gasteiger partial charge >= 0.3 is 0 Å². The molecule has 0 aliphatic carbocycles. The van der Waals surface area contributed by atoms with Crippen molar-refractivity contribution in [2.24, 2.45) is 0 Å². The molecule has 0 unspecified atom stereocenters. The van der Waals surface area contributed by atoms with E-state index in [9.17, 15) is 0 Å². The van der Waals surface area contributed by atoms with E-state index >= 15 is 0 Å². The predicted octanol–water partition coefficient (Wildman–Crippen LogP) is 16.8. The normalized spacial score (nSPS) is 11.0. The van der Waals surface area contributed by atoms with E-state index in [0.717, 1.165) is 33.8 Å². The van der Waals surface area contributed by atoms with Gasteiger partial charge in [0.15, 0.2) is 0 Å². The van der Waals surface area contributed by atoms with Gasteiger partial charge in [-0.1, -0.05) is 237 Å². The number of anilines is 3. The van der Waals surface area contributed by atoms with E-state index in [1.54, 1.807) is 0 Å². The number of nitrogens with zero attached hydrogens (tertiary/aromatic N) is 1. The maximum absolute atomic E-state index is 2.44. The van der Waals surface area contributed by atoms with Crippen LogP contribution in [0, 0.1) is 0 Å². The Labute approximate surface area is 359 Å². The lowest BCUT2D eigenvalue weighted by Crippen LogP contribution is -2.12. The van der Waals surface area contributed by atoms with Crippen LogP contribution in [0.1, 0.15) is 0 Å². The Morgan fingerprint density at radius 3 is 0.902 bits per heavy atom. The Kier molecular flexibility index (Phi) is 10.4. The largest absolute Gasteiger partial charge is 0.309 e. The summed E-state index contributed by atoms with van der Waals surface area (Å²) in [4.78, 5) is 2.44. The van der Waals surface area contributed by atoms with Gasteiger partial charge in [-0.3, -0.25) is 0 Å². The van der Waals surface area contributed by atoms with Crippen LogP contribution in [0.4, 0.5) is 17.1 Å². The van der Waals surface area contributed by atoms with Gasteiger partial charge in [0.25, 0.3) is 0 Å². The highest BCUT2D eigenvalue weighted by Crippen LogP contribution is 2.47. The zero-order chi connectivity index (χ0) is 40.8. The van der Waals surface area contributed by atoms with Crippen LogP contribution in [0.5, 0.6) is 0 Å². The van der Waals surface area contributed by atoms with Gasteiger partial charge in [-0.2, -0.15) is 0 Å². The summed E-state index contributed by atoms with van der Waals surface area (Å²) in [5.41, 5.74) is 19.9. The van der Waals surface area contributed by atoms with E-state index in [1.807, 2.05) is 0 Å². The van der Waals surface area contributed by atoms with Crippen molar-refractivity contribution in [2.75, 3.05) is 4.90 Å². The molecule has 61 heavy (non-hydrogen) atoms. The van der Waals surface area contributed by atoms with Crippen LogP contribution in [0.25, 0.3) is 77.9 Å². The van der Waals surface area contributed by atoms with Gasteiger partial charge in [0.05, 0.1) is 11.4 Å². The standard InChI is InChI=1S/C60H43N/c1-4-18-44(19-5-1)46-32-34-48(35-33-46)49-40-42-52(43-41-49)61(59-30-16-14-25-54(59)51-38-36-47(37-39-51)45-20-6-2-7-21-45)60-31-17-15-29-58(60)57-28-13-12-27-56(57)55-26-11-10-24-53(55)50-22-8-3-9-23-50/h1-43H. The van der Waals surface area contributed by atoms with Crippen LogP contribution >= 0.6 is 0 Å². The lowest BCUT2D eigenvalue weighted by molar-refractivity contribution is 1.28. The minimum absolute atomic E-state index is 1.08. The molecule has 0 spiro atoms. The molecule has 10 rings (SSSR count). The molecule has 0 aliphatic heterocycles. The maximum atomic E-state index is 2.44. The summed E-state index contributed by atoms with van der Waals surface area (Å²) in [5.74, 6) is 0. The van der Waals surface area contributed by atoms with E-state index in [0.29, 0.717) is 0 Å². The minimum atomic E-state index is 1.08. The highest BCUT2D eigenvalue weighted by atomic mass is 15.1. The van der Waals surface area contributed by atoms with Crippen molar-refractivity contribution in [1.82, 2.24) is 0 Å². The SMILES string of the molecule is c1ccc(-c2ccc(-c3ccc(N(c4ccccc4-c4ccc(-c5ccccc5)cc4)c4ccccc4-c4ccccc4-c4ccccc4-c4ccccc4)cc3)cc2)cc1. The lowest BCUT2D eigenvalue weighted by atomic mass is 9.88. The number of hydrogen-bond donors (Lipinski definition) is 0. The third-order valence-electron chi connectivity index (χ3n) is 11.6. The fourth-order valence-electron chi connectivity index (χ4n) is 8.52. The van der Waals surface area contributed by atoms with Crippen LogP contribution < -0.4 is 4.90 Å². The van der Waals surface area contributed by atoms with E-state index < -0.39 is 0 Å². The Hall–Kier alpha value is -8.00.